The summed E-state index contributed by atoms with van der Waals surface area (Å²) in [4.78, 5) is 79.3. The minimum Gasteiger partial charge on any atom is -0.444 e. The van der Waals surface area contributed by atoms with Crippen LogP contribution < -0.4 is 10.6 Å². The van der Waals surface area contributed by atoms with E-state index in [2.05, 4.69) is 10.6 Å². The van der Waals surface area contributed by atoms with Gasteiger partial charge in [0, 0.05) is 19.4 Å². The number of carbonyl (C=O) groups excluding carboxylic acids is 6. The normalized spacial score (nSPS) is 19.3. The monoisotopic (exact) mass is 482 g/mol. The van der Waals surface area contributed by atoms with E-state index in [0.717, 1.165) is 0 Å². The van der Waals surface area contributed by atoms with Gasteiger partial charge in [-0.3, -0.25) is 24.1 Å². The quantitative estimate of drug-likeness (QED) is 0.478. The first-order valence-electron chi connectivity index (χ1n) is 11.4. The van der Waals surface area contributed by atoms with Gasteiger partial charge in [0.05, 0.1) is 0 Å². The third-order valence-electron chi connectivity index (χ3n) is 5.13. The molecule has 0 radical (unpaired) electrons. The van der Waals surface area contributed by atoms with Gasteiger partial charge in [0.1, 0.15) is 24.2 Å². The van der Waals surface area contributed by atoms with Gasteiger partial charge in [-0.1, -0.05) is 13.8 Å². The summed E-state index contributed by atoms with van der Waals surface area (Å²) in [6.07, 6.45) is 0.673. The number of nitrogens with one attached hydrogen (secondary N) is 2. The average Bonchev–Trinajstić information content (AvgIpc) is 3.32. The molecule has 0 unspecified atom stereocenters. The van der Waals surface area contributed by atoms with Crippen molar-refractivity contribution in [3.63, 3.8) is 0 Å². The highest BCUT2D eigenvalue weighted by atomic mass is 16.7. The van der Waals surface area contributed by atoms with Crippen LogP contribution in [0.3, 0.4) is 0 Å². The highest BCUT2D eigenvalue weighted by Crippen LogP contribution is 2.21. The summed E-state index contributed by atoms with van der Waals surface area (Å²) < 4.78 is 5.38. The van der Waals surface area contributed by atoms with Crippen molar-refractivity contribution in [2.45, 2.75) is 84.4 Å². The maximum absolute atomic E-state index is 12.9. The average molecular weight is 483 g/mol. The fourth-order valence-electron chi connectivity index (χ4n) is 3.62. The maximum Gasteiger partial charge on any atom is 0.410 e. The SMILES string of the molecule is CC(C)C[C@H](NC(=O)[C@@H]1CCCN1C(=O)OC(C)(C)C)C(=O)NCC(=O)ON1C(=O)CCC1=O. The van der Waals surface area contributed by atoms with Crippen LogP contribution in [0.1, 0.15) is 66.7 Å². The largest absolute Gasteiger partial charge is 0.444 e. The number of carbonyl (C=O) groups is 6. The lowest BCUT2D eigenvalue weighted by molar-refractivity contribution is -0.196. The molecule has 0 aromatic rings. The van der Waals surface area contributed by atoms with E-state index in [4.69, 9.17) is 9.57 Å². The first-order valence-corrected chi connectivity index (χ1v) is 11.4. The van der Waals surface area contributed by atoms with Gasteiger partial charge in [-0.15, -0.1) is 5.06 Å². The van der Waals surface area contributed by atoms with Crippen LogP contribution in [0.2, 0.25) is 0 Å². The number of rotatable bonds is 8. The Morgan fingerprint density at radius 1 is 1.09 bits per heavy atom. The molecule has 5 amide bonds. The second-order valence-corrected chi connectivity index (χ2v) is 9.79. The second-order valence-electron chi connectivity index (χ2n) is 9.79. The van der Waals surface area contributed by atoms with Crippen LogP contribution in [0, 0.1) is 5.92 Å². The molecule has 34 heavy (non-hydrogen) atoms. The van der Waals surface area contributed by atoms with Crippen molar-refractivity contribution in [2.24, 2.45) is 5.92 Å². The minimum absolute atomic E-state index is 0.0355. The third kappa shape index (κ3) is 7.70. The van der Waals surface area contributed by atoms with Crippen molar-refractivity contribution in [3.05, 3.63) is 0 Å². The maximum atomic E-state index is 12.9. The Morgan fingerprint density at radius 3 is 2.26 bits per heavy atom. The molecule has 0 aliphatic carbocycles. The zero-order valence-corrected chi connectivity index (χ0v) is 20.3. The number of likely N-dealkylation sites (tertiary alicyclic amines) is 1. The van der Waals surface area contributed by atoms with Crippen LogP contribution in [0.15, 0.2) is 0 Å². The summed E-state index contributed by atoms with van der Waals surface area (Å²) in [5.74, 6) is -3.31. The first-order chi connectivity index (χ1) is 15.8. The van der Waals surface area contributed by atoms with Gasteiger partial charge in [0.15, 0.2) is 0 Å². The van der Waals surface area contributed by atoms with Crippen molar-refractivity contribution < 1.29 is 38.3 Å². The lowest BCUT2D eigenvalue weighted by atomic mass is 10.0. The van der Waals surface area contributed by atoms with Crippen LogP contribution in [-0.4, -0.2) is 76.4 Å². The molecule has 2 rings (SSSR count). The Bertz CT molecular complexity index is 819. The van der Waals surface area contributed by atoms with Crippen molar-refractivity contribution in [2.75, 3.05) is 13.1 Å². The minimum atomic E-state index is -0.988. The van der Waals surface area contributed by atoms with Crippen molar-refractivity contribution >= 4 is 35.7 Å². The molecule has 0 saturated carbocycles. The summed E-state index contributed by atoms with van der Waals surface area (Å²) in [5, 5.41) is 5.44. The molecular formula is C22H34N4O8. The van der Waals surface area contributed by atoms with Gasteiger partial charge < -0.3 is 20.2 Å². The number of imide groups is 1. The molecule has 2 atom stereocenters. The topological polar surface area (TPSA) is 151 Å². The van der Waals surface area contributed by atoms with E-state index in [-0.39, 0.29) is 25.2 Å². The fourth-order valence-corrected chi connectivity index (χ4v) is 3.62. The molecule has 2 saturated heterocycles. The molecule has 0 bridgehead atoms. The van der Waals surface area contributed by atoms with Gasteiger partial charge in [0.25, 0.3) is 11.8 Å². The lowest BCUT2D eigenvalue weighted by Gasteiger charge is -2.29. The summed E-state index contributed by atoms with van der Waals surface area (Å²) in [5.41, 5.74) is -0.709. The van der Waals surface area contributed by atoms with Gasteiger partial charge in [-0.25, -0.2) is 9.59 Å². The van der Waals surface area contributed by atoms with E-state index in [1.807, 2.05) is 13.8 Å². The van der Waals surface area contributed by atoms with Crippen LogP contribution >= 0.6 is 0 Å². The summed E-state index contributed by atoms with van der Waals surface area (Å²) in [6, 6.07) is -1.73. The van der Waals surface area contributed by atoms with Crippen LogP contribution in [0.5, 0.6) is 0 Å². The zero-order chi connectivity index (χ0) is 25.6. The predicted molar refractivity (Wildman–Crippen MR) is 118 cm³/mol. The zero-order valence-electron chi connectivity index (χ0n) is 20.3. The van der Waals surface area contributed by atoms with E-state index >= 15 is 0 Å². The molecule has 12 nitrogen and oxygen atoms in total. The highest BCUT2D eigenvalue weighted by molar-refractivity contribution is 6.01. The van der Waals surface area contributed by atoms with Crippen molar-refractivity contribution in [1.29, 1.82) is 0 Å². The van der Waals surface area contributed by atoms with E-state index in [1.54, 1.807) is 20.8 Å². The van der Waals surface area contributed by atoms with Crippen molar-refractivity contribution in [3.8, 4) is 0 Å². The Morgan fingerprint density at radius 2 is 1.71 bits per heavy atom. The summed E-state index contributed by atoms with van der Waals surface area (Å²) >= 11 is 0. The van der Waals surface area contributed by atoms with Gasteiger partial charge in [0.2, 0.25) is 11.8 Å². The smallest absolute Gasteiger partial charge is 0.410 e. The number of hydroxylamine groups is 2. The highest BCUT2D eigenvalue weighted by Gasteiger charge is 2.38. The molecule has 2 heterocycles. The van der Waals surface area contributed by atoms with Gasteiger partial charge >= 0.3 is 12.1 Å². The van der Waals surface area contributed by atoms with E-state index in [1.165, 1.54) is 4.90 Å². The molecule has 2 fully saturated rings. The van der Waals surface area contributed by atoms with Gasteiger partial charge in [-0.2, -0.15) is 0 Å². The van der Waals surface area contributed by atoms with Crippen LogP contribution in [0.4, 0.5) is 4.79 Å². The standard InChI is InChI=1S/C22H34N4O8/c1-13(2)11-14(19(30)23-12-18(29)34-26-16(27)8-9-17(26)28)24-20(31)15-7-6-10-25(15)21(32)33-22(3,4)5/h13-15H,6-12H2,1-5H3,(H,23,30)(H,24,31)/t14-,15-/m0/s1. The molecule has 190 valence electrons. The van der Waals surface area contributed by atoms with Gasteiger partial charge in [-0.05, 0) is 46.0 Å². The molecule has 2 aliphatic rings. The molecule has 2 N–H and O–H groups in total. The fraction of sp³-hybridized carbons (Fsp3) is 0.727. The second kappa shape index (κ2) is 11.3. The number of hydrogen-bond donors (Lipinski definition) is 2. The Kier molecular flexibility index (Phi) is 9.00. The van der Waals surface area contributed by atoms with E-state index in [9.17, 15) is 28.8 Å². The molecule has 0 aromatic carbocycles. The number of hydrogen-bond acceptors (Lipinski definition) is 8. The molecular weight excluding hydrogens is 448 g/mol. The molecule has 2 aliphatic heterocycles. The Balaban J connectivity index is 1.96. The van der Waals surface area contributed by atoms with Crippen LogP contribution in [-0.2, 0) is 33.5 Å². The predicted octanol–water partition coefficient (Wildman–Crippen LogP) is 0.640. The van der Waals surface area contributed by atoms with E-state index < -0.39 is 59.9 Å². The number of ether oxygens (including phenoxy) is 1. The molecule has 12 heteroatoms. The molecule has 0 aromatic heterocycles. The lowest BCUT2D eigenvalue weighted by Crippen LogP contribution is -2.54. The first kappa shape index (κ1) is 27.1. The Labute approximate surface area is 198 Å². The third-order valence-corrected chi connectivity index (χ3v) is 5.13. The summed E-state index contributed by atoms with van der Waals surface area (Å²) in [7, 11) is 0. The molecule has 0 spiro atoms. The van der Waals surface area contributed by atoms with E-state index in [0.29, 0.717) is 24.4 Å². The number of nitrogens with zero attached hydrogens (tertiary/aromatic N) is 2. The number of amides is 5. The van der Waals surface area contributed by atoms with Crippen molar-refractivity contribution in [1.82, 2.24) is 20.6 Å². The van der Waals surface area contributed by atoms with Crippen LogP contribution in [0.25, 0.3) is 0 Å². The Hall–Kier alpha value is -3.18. The summed E-state index contributed by atoms with van der Waals surface area (Å²) in [6.45, 7) is 8.72.